The van der Waals surface area contributed by atoms with Gasteiger partial charge in [0, 0.05) is 54.0 Å². The molecule has 2 amide bonds. The number of aromatic nitrogens is 1. The van der Waals surface area contributed by atoms with Gasteiger partial charge in [-0.15, -0.1) is 0 Å². The molecule has 1 aromatic heterocycles. The smallest absolute Gasteiger partial charge is 0.317 e. The van der Waals surface area contributed by atoms with Gasteiger partial charge in [0.15, 0.2) is 0 Å². The largest absolute Gasteiger partial charge is 0.367 e. The standard InChI is InChI=1S/C24H29ClN4O/c25-19-1-2-20-21(12-19)26-4-3-22(20)28-5-7-29(8-6-28)23(30)27-24-13-16-9-17(14-24)11-18(10-16)15-24/h1-4,12,16-18H,5-11,13-15H2,(H,27,30). The Hall–Kier alpha value is -2.01. The van der Waals surface area contributed by atoms with Crippen molar-refractivity contribution in [2.24, 2.45) is 17.8 Å². The van der Waals surface area contributed by atoms with Crippen LogP contribution >= 0.6 is 11.6 Å². The average molecular weight is 425 g/mol. The summed E-state index contributed by atoms with van der Waals surface area (Å²) in [5, 5.41) is 5.35. The van der Waals surface area contributed by atoms with Crippen LogP contribution in [0.25, 0.3) is 10.9 Å². The van der Waals surface area contributed by atoms with Crippen LogP contribution in [-0.4, -0.2) is 47.6 Å². The third-order valence-electron chi connectivity index (χ3n) is 8.00. The summed E-state index contributed by atoms with van der Waals surface area (Å²) in [7, 11) is 0. The fourth-order valence-corrected chi connectivity index (χ4v) is 7.27. The van der Waals surface area contributed by atoms with Crippen LogP contribution in [0, 0.1) is 17.8 Å². The first-order chi connectivity index (χ1) is 14.6. The average Bonchev–Trinajstić information content (AvgIpc) is 2.72. The highest BCUT2D eigenvalue weighted by Crippen LogP contribution is 2.55. The van der Waals surface area contributed by atoms with Gasteiger partial charge in [-0.3, -0.25) is 4.98 Å². The summed E-state index contributed by atoms with van der Waals surface area (Å²) in [6.07, 6.45) is 9.67. The number of amides is 2. The Morgan fingerprint density at radius 3 is 2.33 bits per heavy atom. The van der Waals surface area contributed by atoms with Gasteiger partial charge in [0.2, 0.25) is 0 Å². The number of carbonyl (C=O) groups excluding carboxylic acids is 1. The molecule has 0 radical (unpaired) electrons. The van der Waals surface area contributed by atoms with Crippen molar-refractivity contribution in [1.82, 2.24) is 15.2 Å². The Kier molecular flexibility index (Phi) is 4.38. The van der Waals surface area contributed by atoms with Crippen LogP contribution in [-0.2, 0) is 0 Å². The number of rotatable bonds is 2. The highest BCUT2D eigenvalue weighted by Gasteiger charge is 2.51. The highest BCUT2D eigenvalue weighted by molar-refractivity contribution is 6.31. The molecule has 4 bridgehead atoms. The van der Waals surface area contributed by atoms with Crippen molar-refractivity contribution < 1.29 is 4.79 Å². The van der Waals surface area contributed by atoms with E-state index >= 15 is 0 Å². The normalized spacial score (nSPS) is 32.6. The molecule has 7 rings (SSSR count). The Morgan fingerprint density at radius 1 is 1.00 bits per heavy atom. The van der Waals surface area contributed by atoms with E-state index in [1.54, 1.807) is 0 Å². The van der Waals surface area contributed by atoms with Gasteiger partial charge < -0.3 is 15.1 Å². The Bertz CT molecular complexity index is 949. The van der Waals surface area contributed by atoms with E-state index in [9.17, 15) is 4.79 Å². The van der Waals surface area contributed by atoms with Crippen molar-refractivity contribution in [3.05, 3.63) is 35.5 Å². The van der Waals surface area contributed by atoms with Crippen molar-refractivity contribution >= 4 is 34.2 Å². The molecule has 5 nitrogen and oxygen atoms in total. The first-order valence-electron chi connectivity index (χ1n) is 11.4. The van der Waals surface area contributed by atoms with E-state index in [2.05, 4.69) is 21.3 Å². The summed E-state index contributed by atoms with van der Waals surface area (Å²) < 4.78 is 0. The third kappa shape index (κ3) is 3.22. The molecule has 30 heavy (non-hydrogen) atoms. The van der Waals surface area contributed by atoms with Crippen molar-refractivity contribution in [3.8, 4) is 0 Å². The SMILES string of the molecule is O=C(NC12CC3CC(CC(C3)C1)C2)N1CCN(c2ccnc3cc(Cl)ccc23)CC1. The second-order valence-corrected chi connectivity index (χ2v) is 10.5. The molecule has 0 spiro atoms. The fraction of sp³-hybridized carbons (Fsp3) is 0.583. The number of pyridine rings is 1. The highest BCUT2D eigenvalue weighted by atomic mass is 35.5. The van der Waals surface area contributed by atoms with Crippen LogP contribution in [0.1, 0.15) is 38.5 Å². The van der Waals surface area contributed by atoms with E-state index in [1.807, 2.05) is 29.3 Å². The first kappa shape index (κ1) is 18.7. The molecule has 6 heteroatoms. The molecule has 2 aromatic rings. The number of hydrogen-bond acceptors (Lipinski definition) is 3. The first-order valence-corrected chi connectivity index (χ1v) is 11.8. The van der Waals surface area contributed by atoms with Crippen LogP contribution in [0.5, 0.6) is 0 Å². The van der Waals surface area contributed by atoms with Gasteiger partial charge in [-0.2, -0.15) is 0 Å². The van der Waals surface area contributed by atoms with Gasteiger partial charge >= 0.3 is 6.03 Å². The molecule has 1 aliphatic heterocycles. The van der Waals surface area contributed by atoms with E-state index in [1.165, 1.54) is 44.2 Å². The molecule has 5 aliphatic rings. The number of nitrogens with one attached hydrogen (secondary N) is 1. The van der Waals surface area contributed by atoms with Gasteiger partial charge in [-0.25, -0.2) is 4.79 Å². The maximum Gasteiger partial charge on any atom is 0.317 e. The minimum Gasteiger partial charge on any atom is -0.367 e. The van der Waals surface area contributed by atoms with E-state index in [0.717, 1.165) is 54.8 Å². The molecule has 5 fully saturated rings. The van der Waals surface area contributed by atoms with Crippen molar-refractivity contribution in [3.63, 3.8) is 0 Å². The third-order valence-corrected chi connectivity index (χ3v) is 8.23. The zero-order chi connectivity index (χ0) is 20.3. The zero-order valence-corrected chi connectivity index (χ0v) is 18.1. The second-order valence-electron chi connectivity index (χ2n) is 10.1. The number of carbonyl (C=O) groups is 1. The maximum atomic E-state index is 13.1. The number of urea groups is 1. The van der Waals surface area contributed by atoms with Gasteiger partial charge in [0.1, 0.15) is 0 Å². The molecule has 0 unspecified atom stereocenters. The summed E-state index contributed by atoms with van der Waals surface area (Å²) in [4.78, 5) is 22.0. The van der Waals surface area contributed by atoms with E-state index in [-0.39, 0.29) is 11.6 Å². The number of halogens is 1. The molecular formula is C24H29ClN4O. The maximum absolute atomic E-state index is 13.1. The summed E-state index contributed by atoms with van der Waals surface area (Å²) in [6.45, 7) is 3.21. The molecule has 1 saturated heterocycles. The van der Waals surface area contributed by atoms with Crippen molar-refractivity contribution in [1.29, 1.82) is 0 Å². The van der Waals surface area contributed by atoms with Gasteiger partial charge in [0.25, 0.3) is 0 Å². The summed E-state index contributed by atoms with van der Waals surface area (Å²) in [5.74, 6) is 2.55. The predicted octanol–water partition coefficient (Wildman–Crippen LogP) is 4.69. The molecular weight excluding hydrogens is 396 g/mol. The summed E-state index contributed by atoms with van der Waals surface area (Å²) >= 11 is 6.13. The van der Waals surface area contributed by atoms with Crippen LogP contribution in [0.15, 0.2) is 30.5 Å². The quantitative estimate of drug-likeness (QED) is 0.760. The number of piperazine rings is 1. The Morgan fingerprint density at radius 2 is 1.67 bits per heavy atom. The topological polar surface area (TPSA) is 48.5 Å². The van der Waals surface area contributed by atoms with Crippen molar-refractivity contribution in [2.45, 2.75) is 44.1 Å². The van der Waals surface area contributed by atoms with Crippen molar-refractivity contribution in [2.75, 3.05) is 31.1 Å². The lowest BCUT2D eigenvalue weighted by Gasteiger charge is -2.57. The predicted molar refractivity (Wildman–Crippen MR) is 120 cm³/mol. The molecule has 1 N–H and O–H groups in total. The second kappa shape index (κ2) is 7.01. The number of nitrogens with zero attached hydrogens (tertiary/aromatic N) is 3. The van der Waals surface area contributed by atoms with E-state index < -0.39 is 0 Å². The number of fused-ring (bicyclic) bond motifs is 1. The van der Waals surface area contributed by atoms with Crippen LogP contribution in [0.4, 0.5) is 10.5 Å². The molecule has 4 aliphatic carbocycles. The van der Waals surface area contributed by atoms with Crippen LogP contribution < -0.4 is 10.2 Å². The van der Waals surface area contributed by atoms with E-state index in [4.69, 9.17) is 11.6 Å². The molecule has 2 heterocycles. The lowest BCUT2D eigenvalue weighted by Crippen LogP contribution is -2.63. The number of hydrogen-bond donors (Lipinski definition) is 1. The monoisotopic (exact) mass is 424 g/mol. The Balaban J connectivity index is 1.13. The van der Waals surface area contributed by atoms with Crippen LogP contribution in [0.2, 0.25) is 5.02 Å². The molecule has 158 valence electrons. The Labute approximate surface area is 182 Å². The molecule has 4 saturated carbocycles. The fourth-order valence-electron chi connectivity index (χ4n) is 7.10. The van der Waals surface area contributed by atoms with E-state index in [0.29, 0.717) is 5.02 Å². The van der Waals surface area contributed by atoms with Crippen LogP contribution in [0.3, 0.4) is 0 Å². The zero-order valence-electron chi connectivity index (χ0n) is 17.3. The lowest BCUT2D eigenvalue weighted by atomic mass is 9.53. The summed E-state index contributed by atoms with van der Waals surface area (Å²) in [6, 6.07) is 8.11. The van der Waals surface area contributed by atoms with Gasteiger partial charge in [0.05, 0.1) is 5.52 Å². The van der Waals surface area contributed by atoms with Gasteiger partial charge in [-0.1, -0.05) is 11.6 Å². The van der Waals surface area contributed by atoms with Gasteiger partial charge in [-0.05, 0) is 80.5 Å². The summed E-state index contributed by atoms with van der Waals surface area (Å²) in [5.41, 5.74) is 2.18. The molecule has 1 aromatic carbocycles. The number of anilines is 1. The molecule has 0 atom stereocenters. The minimum atomic E-state index is 0.0868. The minimum absolute atomic E-state index is 0.0868. The lowest BCUT2D eigenvalue weighted by molar-refractivity contribution is -0.0157. The number of benzene rings is 1.